The van der Waals surface area contributed by atoms with Gasteiger partial charge in [-0.2, -0.15) is 10.4 Å². The van der Waals surface area contributed by atoms with E-state index in [9.17, 15) is 0 Å². The van der Waals surface area contributed by atoms with Gasteiger partial charge >= 0.3 is 0 Å². The molecule has 1 aromatic heterocycles. The number of aromatic nitrogens is 2. The minimum Gasteiger partial charge on any atom is -0.244 e. The van der Waals surface area contributed by atoms with Crippen LogP contribution in [0.5, 0.6) is 0 Å². The third-order valence-corrected chi connectivity index (χ3v) is 1.56. The van der Waals surface area contributed by atoms with E-state index in [0.717, 1.165) is 4.60 Å². The van der Waals surface area contributed by atoms with E-state index in [2.05, 4.69) is 21.0 Å². The molecule has 0 spiro atoms. The predicted octanol–water partition coefficient (Wildman–Crippen LogP) is 1.17. The van der Waals surface area contributed by atoms with E-state index in [4.69, 9.17) is 5.26 Å². The lowest BCUT2D eigenvalue weighted by atomic mass is 10.7. The second-order valence-electron chi connectivity index (χ2n) is 1.47. The molecule has 4 heteroatoms. The SMILES string of the molecule is N#CCn1nccc1Br. The van der Waals surface area contributed by atoms with E-state index in [1.54, 1.807) is 16.9 Å². The zero-order valence-electron chi connectivity index (χ0n) is 4.58. The average Bonchev–Trinajstić information content (AvgIpc) is 2.18. The van der Waals surface area contributed by atoms with E-state index in [-0.39, 0.29) is 0 Å². The van der Waals surface area contributed by atoms with Crippen LogP contribution in [0.4, 0.5) is 0 Å². The molecular formula is C5H4BrN3. The molecule has 0 aromatic carbocycles. The van der Waals surface area contributed by atoms with Crippen LogP contribution >= 0.6 is 15.9 Å². The largest absolute Gasteiger partial charge is 0.244 e. The van der Waals surface area contributed by atoms with Crippen LogP contribution in [-0.2, 0) is 6.54 Å². The molecule has 0 atom stereocenters. The molecule has 0 saturated carbocycles. The maximum Gasteiger partial charge on any atom is 0.129 e. The lowest BCUT2D eigenvalue weighted by Crippen LogP contribution is -1.96. The van der Waals surface area contributed by atoms with Crippen LogP contribution in [-0.4, -0.2) is 9.78 Å². The summed E-state index contributed by atoms with van der Waals surface area (Å²) >= 11 is 3.22. The molecule has 3 nitrogen and oxygen atoms in total. The normalized spacial score (nSPS) is 8.89. The van der Waals surface area contributed by atoms with Gasteiger partial charge in [-0.15, -0.1) is 0 Å². The maximum atomic E-state index is 8.23. The molecule has 0 aliphatic carbocycles. The van der Waals surface area contributed by atoms with Gasteiger partial charge < -0.3 is 0 Å². The van der Waals surface area contributed by atoms with E-state index in [0.29, 0.717) is 6.54 Å². The van der Waals surface area contributed by atoms with Gasteiger partial charge in [-0.1, -0.05) is 0 Å². The highest BCUT2D eigenvalue weighted by atomic mass is 79.9. The van der Waals surface area contributed by atoms with Gasteiger partial charge in [0.05, 0.1) is 12.3 Å². The Kier molecular flexibility index (Phi) is 1.85. The number of nitriles is 1. The molecule has 46 valence electrons. The summed E-state index contributed by atoms with van der Waals surface area (Å²) in [5, 5.41) is 12.1. The minimum absolute atomic E-state index is 0.299. The average molecular weight is 186 g/mol. The summed E-state index contributed by atoms with van der Waals surface area (Å²) in [6, 6.07) is 3.77. The highest BCUT2D eigenvalue weighted by Gasteiger charge is 1.93. The summed E-state index contributed by atoms with van der Waals surface area (Å²) < 4.78 is 2.41. The number of nitrogens with zero attached hydrogens (tertiary/aromatic N) is 3. The van der Waals surface area contributed by atoms with Crippen molar-refractivity contribution in [3.05, 3.63) is 16.9 Å². The third-order valence-electron chi connectivity index (χ3n) is 0.885. The van der Waals surface area contributed by atoms with Crippen LogP contribution in [0.3, 0.4) is 0 Å². The number of hydrogen-bond donors (Lipinski definition) is 0. The Bertz CT molecular complexity index is 235. The van der Waals surface area contributed by atoms with Crippen molar-refractivity contribution in [2.75, 3.05) is 0 Å². The maximum absolute atomic E-state index is 8.23. The van der Waals surface area contributed by atoms with Gasteiger partial charge in [0.2, 0.25) is 0 Å². The first-order valence-electron chi connectivity index (χ1n) is 2.39. The fourth-order valence-electron chi connectivity index (χ4n) is 0.500. The molecule has 9 heavy (non-hydrogen) atoms. The zero-order chi connectivity index (χ0) is 6.69. The van der Waals surface area contributed by atoms with Gasteiger partial charge in [-0.3, -0.25) is 0 Å². The molecule has 0 radical (unpaired) electrons. The van der Waals surface area contributed by atoms with Crippen molar-refractivity contribution < 1.29 is 0 Å². The molecule has 1 rings (SSSR count). The zero-order valence-corrected chi connectivity index (χ0v) is 6.17. The van der Waals surface area contributed by atoms with Crippen LogP contribution < -0.4 is 0 Å². The van der Waals surface area contributed by atoms with Crippen molar-refractivity contribution in [3.63, 3.8) is 0 Å². The first-order chi connectivity index (χ1) is 4.34. The monoisotopic (exact) mass is 185 g/mol. The summed E-state index contributed by atoms with van der Waals surface area (Å²) in [7, 11) is 0. The van der Waals surface area contributed by atoms with Gasteiger partial charge in [-0.25, -0.2) is 4.68 Å². The number of halogens is 1. The van der Waals surface area contributed by atoms with Gasteiger partial charge in [0, 0.05) is 0 Å². The van der Waals surface area contributed by atoms with Gasteiger partial charge in [-0.05, 0) is 22.0 Å². The van der Waals surface area contributed by atoms with Crippen molar-refractivity contribution >= 4 is 15.9 Å². The summed E-state index contributed by atoms with van der Waals surface area (Å²) in [5.74, 6) is 0. The molecule has 0 N–H and O–H groups in total. The first kappa shape index (κ1) is 6.30. The fraction of sp³-hybridized carbons (Fsp3) is 0.200. The van der Waals surface area contributed by atoms with Crippen LogP contribution in [0.1, 0.15) is 0 Å². The van der Waals surface area contributed by atoms with E-state index in [1.165, 1.54) is 0 Å². The second kappa shape index (κ2) is 2.65. The standard InChI is InChI=1S/C5H4BrN3/c6-5-1-3-8-9(5)4-2-7/h1,3H,4H2. The molecule has 0 unspecified atom stereocenters. The molecule has 0 aliphatic rings. The highest BCUT2D eigenvalue weighted by Crippen LogP contribution is 2.06. The summed E-state index contributed by atoms with van der Waals surface area (Å²) in [4.78, 5) is 0. The third kappa shape index (κ3) is 1.30. The van der Waals surface area contributed by atoms with Gasteiger partial charge in [0.15, 0.2) is 0 Å². The van der Waals surface area contributed by atoms with Crippen molar-refractivity contribution in [2.24, 2.45) is 0 Å². The molecule has 1 aromatic rings. The number of hydrogen-bond acceptors (Lipinski definition) is 2. The van der Waals surface area contributed by atoms with Crippen molar-refractivity contribution in [1.29, 1.82) is 5.26 Å². The molecule has 0 bridgehead atoms. The Hall–Kier alpha value is -0.820. The lowest BCUT2D eigenvalue weighted by Gasteiger charge is -1.91. The van der Waals surface area contributed by atoms with Gasteiger partial charge in [0.1, 0.15) is 11.1 Å². The highest BCUT2D eigenvalue weighted by molar-refractivity contribution is 9.10. The Balaban J connectivity index is 2.84. The molecule has 0 fully saturated rings. The van der Waals surface area contributed by atoms with Crippen molar-refractivity contribution in [2.45, 2.75) is 6.54 Å². The van der Waals surface area contributed by atoms with E-state index < -0.39 is 0 Å². The lowest BCUT2D eigenvalue weighted by molar-refractivity contribution is 0.694. The summed E-state index contributed by atoms with van der Waals surface area (Å²) in [6.45, 7) is 0.299. The molecular weight excluding hydrogens is 182 g/mol. The number of rotatable bonds is 1. The van der Waals surface area contributed by atoms with Crippen LogP contribution in [0.15, 0.2) is 16.9 Å². The smallest absolute Gasteiger partial charge is 0.129 e. The first-order valence-corrected chi connectivity index (χ1v) is 3.18. The fourth-order valence-corrected chi connectivity index (χ4v) is 0.835. The topological polar surface area (TPSA) is 41.6 Å². The summed E-state index contributed by atoms with van der Waals surface area (Å²) in [6.07, 6.45) is 1.64. The van der Waals surface area contributed by atoms with E-state index in [1.807, 2.05) is 6.07 Å². The summed E-state index contributed by atoms with van der Waals surface area (Å²) in [5.41, 5.74) is 0. The Morgan fingerprint density at radius 1 is 1.89 bits per heavy atom. The van der Waals surface area contributed by atoms with Crippen LogP contribution in [0, 0.1) is 11.3 Å². The van der Waals surface area contributed by atoms with E-state index >= 15 is 0 Å². The Labute approximate surface area is 61.0 Å². The second-order valence-corrected chi connectivity index (χ2v) is 2.28. The molecule has 0 amide bonds. The van der Waals surface area contributed by atoms with Crippen LogP contribution in [0.25, 0.3) is 0 Å². The van der Waals surface area contributed by atoms with Gasteiger partial charge in [0.25, 0.3) is 0 Å². The molecule has 1 heterocycles. The Morgan fingerprint density at radius 3 is 3.11 bits per heavy atom. The van der Waals surface area contributed by atoms with Crippen LogP contribution in [0.2, 0.25) is 0 Å². The van der Waals surface area contributed by atoms with Crippen molar-refractivity contribution in [3.8, 4) is 6.07 Å². The quantitative estimate of drug-likeness (QED) is 0.660. The Morgan fingerprint density at radius 2 is 2.67 bits per heavy atom. The minimum atomic E-state index is 0.299. The molecule has 0 saturated heterocycles. The predicted molar refractivity (Wildman–Crippen MR) is 35.5 cm³/mol. The molecule has 0 aliphatic heterocycles. The van der Waals surface area contributed by atoms with Crippen molar-refractivity contribution in [1.82, 2.24) is 9.78 Å².